The number of para-hydroxylation sites is 1. The Morgan fingerprint density at radius 2 is 0.767 bits per heavy atom. The molecule has 0 saturated heterocycles. The summed E-state index contributed by atoms with van der Waals surface area (Å²) in [5.74, 6) is 2.43. The lowest BCUT2D eigenvalue weighted by Crippen LogP contribution is -2.00. The van der Waals surface area contributed by atoms with Gasteiger partial charge in [-0.1, -0.05) is 176 Å². The Morgan fingerprint density at radius 3 is 1.40 bits per heavy atom. The van der Waals surface area contributed by atoms with E-state index in [0.29, 0.717) is 28.9 Å². The first-order valence-corrected chi connectivity index (χ1v) is 19.7. The molecule has 60 heavy (non-hydrogen) atoms. The molecule has 10 rings (SSSR count). The minimum Gasteiger partial charge on any atom is -0.228 e. The fraction of sp³-hybridized carbons (Fsp3) is 0. The zero-order valence-electron chi connectivity index (χ0n) is 32.3. The number of benzene rings is 8. The van der Waals surface area contributed by atoms with Crippen molar-refractivity contribution in [1.82, 2.24) is 24.9 Å². The average molecular weight is 767 g/mol. The van der Waals surface area contributed by atoms with Crippen LogP contribution in [0.2, 0.25) is 0 Å². The number of hydrogen-bond acceptors (Lipinski definition) is 6. The molecule has 0 aliphatic carbocycles. The summed E-state index contributed by atoms with van der Waals surface area (Å²) < 4.78 is 0. The van der Waals surface area contributed by atoms with Gasteiger partial charge in [-0.05, 0) is 63.7 Å². The van der Waals surface area contributed by atoms with Crippen LogP contribution in [0.3, 0.4) is 0 Å². The first kappa shape index (κ1) is 36.0. The van der Waals surface area contributed by atoms with Gasteiger partial charge in [-0.15, -0.1) is 0 Å². The highest BCUT2D eigenvalue weighted by atomic mass is 15.0. The van der Waals surface area contributed by atoms with Gasteiger partial charge in [0.05, 0.1) is 22.8 Å². The SMILES string of the molecule is N#Cc1ccccc1-c1ccc(-c2cccc(-c3nc(-c4ccccc4)nc(-c4ccccc4)n3)c2)c(-c2cccc(-c3nc(-c4ccccc4)c4ccccc4n3)c2)c1. The van der Waals surface area contributed by atoms with Crippen LogP contribution in [0.25, 0.3) is 101 Å². The largest absolute Gasteiger partial charge is 0.228 e. The van der Waals surface area contributed by atoms with Gasteiger partial charge < -0.3 is 0 Å². The fourth-order valence-corrected chi connectivity index (χ4v) is 7.65. The minimum absolute atomic E-state index is 0.579. The van der Waals surface area contributed by atoms with E-state index in [-0.39, 0.29) is 0 Å². The van der Waals surface area contributed by atoms with Crippen LogP contribution < -0.4 is 0 Å². The van der Waals surface area contributed by atoms with Gasteiger partial charge >= 0.3 is 0 Å². The molecular formula is C54H34N6. The van der Waals surface area contributed by atoms with Crippen molar-refractivity contribution < 1.29 is 0 Å². The third-order valence-electron chi connectivity index (χ3n) is 10.6. The molecule has 6 nitrogen and oxygen atoms in total. The topological polar surface area (TPSA) is 88.2 Å². The highest BCUT2D eigenvalue weighted by molar-refractivity contribution is 5.94. The third-order valence-corrected chi connectivity index (χ3v) is 10.6. The zero-order valence-corrected chi connectivity index (χ0v) is 32.3. The minimum atomic E-state index is 0.579. The highest BCUT2D eigenvalue weighted by Gasteiger charge is 2.17. The molecule has 0 amide bonds. The summed E-state index contributed by atoms with van der Waals surface area (Å²) in [7, 11) is 0. The predicted octanol–water partition coefficient (Wildman–Crippen LogP) is 13.0. The van der Waals surface area contributed by atoms with Crippen molar-refractivity contribution in [3.8, 4) is 96.3 Å². The lowest BCUT2D eigenvalue weighted by molar-refractivity contribution is 1.07. The van der Waals surface area contributed by atoms with Crippen LogP contribution in [0.1, 0.15) is 5.56 Å². The van der Waals surface area contributed by atoms with E-state index in [2.05, 4.69) is 78.9 Å². The van der Waals surface area contributed by atoms with Crippen LogP contribution in [0, 0.1) is 11.3 Å². The molecule has 2 heterocycles. The molecule has 10 aromatic rings. The third kappa shape index (κ3) is 7.08. The van der Waals surface area contributed by atoms with E-state index < -0.39 is 0 Å². The number of aromatic nitrogens is 5. The molecule has 0 aliphatic heterocycles. The summed E-state index contributed by atoms with van der Waals surface area (Å²) in [6.07, 6.45) is 0. The van der Waals surface area contributed by atoms with Crippen molar-refractivity contribution in [3.05, 3.63) is 212 Å². The normalized spacial score (nSPS) is 11.0. The molecule has 8 aromatic carbocycles. The summed E-state index contributed by atoms with van der Waals surface area (Å²) in [6.45, 7) is 0. The monoisotopic (exact) mass is 766 g/mol. The molecule has 0 spiro atoms. The summed E-state index contributed by atoms with van der Waals surface area (Å²) in [5.41, 5.74) is 12.8. The van der Waals surface area contributed by atoms with E-state index in [1.54, 1.807) is 0 Å². The maximum atomic E-state index is 10.1. The van der Waals surface area contributed by atoms with Gasteiger partial charge in [0.1, 0.15) is 0 Å². The molecule has 6 heteroatoms. The second-order valence-electron chi connectivity index (χ2n) is 14.4. The van der Waals surface area contributed by atoms with Gasteiger partial charge in [-0.2, -0.15) is 5.26 Å². The van der Waals surface area contributed by atoms with E-state index in [1.807, 2.05) is 133 Å². The van der Waals surface area contributed by atoms with Crippen LogP contribution in [-0.4, -0.2) is 24.9 Å². The molecule has 0 N–H and O–H groups in total. The Morgan fingerprint density at radius 1 is 0.300 bits per heavy atom. The zero-order chi connectivity index (χ0) is 40.3. The predicted molar refractivity (Wildman–Crippen MR) is 241 cm³/mol. The van der Waals surface area contributed by atoms with Gasteiger partial charge in [0.2, 0.25) is 0 Å². The van der Waals surface area contributed by atoms with Crippen molar-refractivity contribution in [2.75, 3.05) is 0 Å². The van der Waals surface area contributed by atoms with Crippen molar-refractivity contribution in [2.45, 2.75) is 0 Å². The van der Waals surface area contributed by atoms with Crippen LogP contribution in [0.5, 0.6) is 0 Å². The van der Waals surface area contributed by atoms with Crippen molar-refractivity contribution in [1.29, 1.82) is 5.26 Å². The van der Waals surface area contributed by atoms with E-state index in [4.69, 9.17) is 24.9 Å². The summed E-state index contributed by atoms with van der Waals surface area (Å²) >= 11 is 0. The fourth-order valence-electron chi connectivity index (χ4n) is 7.65. The molecule has 0 bridgehead atoms. The second-order valence-corrected chi connectivity index (χ2v) is 14.4. The standard InChI is InChI=1S/C54H34N6/c55-35-44-22-10-11-27-45(44)41-30-31-46(39-23-14-26-43(32-39)54-59-51(37-18-6-2-7-19-37)58-52(60-54)38-20-8-3-9-21-38)48(34-41)40-24-15-25-42(33-40)53-56-49-29-13-12-28-47(49)50(57-53)36-16-4-1-5-17-36/h1-34H. The second kappa shape index (κ2) is 15.9. The van der Waals surface area contributed by atoms with Gasteiger partial charge in [0.25, 0.3) is 0 Å². The number of hydrogen-bond donors (Lipinski definition) is 0. The number of rotatable bonds is 8. The van der Waals surface area contributed by atoms with E-state index in [1.165, 1.54) is 0 Å². The molecular weight excluding hydrogens is 733 g/mol. The molecule has 2 aromatic heterocycles. The molecule has 0 unspecified atom stereocenters. The Kier molecular flexibility index (Phi) is 9.51. The van der Waals surface area contributed by atoms with Gasteiger partial charge in [-0.25, -0.2) is 24.9 Å². The average Bonchev–Trinajstić information content (AvgIpc) is 3.34. The molecule has 0 saturated carbocycles. The Balaban J connectivity index is 1.13. The molecule has 0 radical (unpaired) electrons. The van der Waals surface area contributed by atoms with E-state index in [0.717, 1.165) is 77.8 Å². The summed E-state index contributed by atoms with van der Waals surface area (Å²) in [6, 6.07) is 71.7. The van der Waals surface area contributed by atoms with Crippen LogP contribution in [0.15, 0.2) is 206 Å². The Hall–Kier alpha value is -8.40. The first-order chi connectivity index (χ1) is 29.7. The quantitative estimate of drug-likeness (QED) is 0.153. The first-order valence-electron chi connectivity index (χ1n) is 19.7. The summed E-state index contributed by atoms with van der Waals surface area (Å²) in [4.78, 5) is 25.2. The Bertz CT molecular complexity index is 3150. The molecule has 0 aliphatic rings. The van der Waals surface area contributed by atoms with Crippen molar-refractivity contribution >= 4 is 10.9 Å². The number of fused-ring (bicyclic) bond motifs is 1. The molecule has 280 valence electrons. The lowest BCUT2D eigenvalue weighted by atomic mass is 9.89. The summed E-state index contributed by atoms with van der Waals surface area (Å²) in [5, 5.41) is 11.1. The van der Waals surface area contributed by atoms with Crippen LogP contribution in [-0.2, 0) is 0 Å². The highest BCUT2D eigenvalue weighted by Crippen LogP contribution is 2.39. The maximum Gasteiger partial charge on any atom is 0.164 e. The van der Waals surface area contributed by atoms with Crippen molar-refractivity contribution in [2.24, 2.45) is 0 Å². The molecule has 0 atom stereocenters. The lowest BCUT2D eigenvalue weighted by Gasteiger charge is -2.16. The number of nitrogens with zero attached hydrogens (tertiary/aromatic N) is 6. The van der Waals surface area contributed by atoms with E-state index >= 15 is 0 Å². The van der Waals surface area contributed by atoms with Crippen molar-refractivity contribution in [3.63, 3.8) is 0 Å². The van der Waals surface area contributed by atoms with Gasteiger partial charge in [-0.3, -0.25) is 0 Å². The number of nitriles is 1. The van der Waals surface area contributed by atoms with E-state index in [9.17, 15) is 5.26 Å². The van der Waals surface area contributed by atoms with Gasteiger partial charge in [0.15, 0.2) is 23.3 Å². The molecule has 0 fully saturated rings. The maximum absolute atomic E-state index is 10.1. The smallest absolute Gasteiger partial charge is 0.164 e. The van der Waals surface area contributed by atoms with Crippen LogP contribution in [0.4, 0.5) is 0 Å². The van der Waals surface area contributed by atoms with Gasteiger partial charge in [0, 0.05) is 33.2 Å². The van der Waals surface area contributed by atoms with Crippen LogP contribution >= 0.6 is 0 Å². The Labute approximate surface area is 347 Å².